The third kappa shape index (κ3) is 5.56. The van der Waals surface area contributed by atoms with Gasteiger partial charge in [-0.2, -0.15) is 0 Å². The highest BCUT2D eigenvalue weighted by Crippen LogP contribution is 2.10. The molecule has 2 aromatic rings. The summed E-state index contributed by atoms with van der Waals surface area (Å²) in [5.41, 5.74) is 1.81. The fourth-order valence-electron chi connectivity index (χ4n) is 2.51. The lowest BCUT2D eigenvalue weighted by Crippen LogP contribution is -2.36. The summed E-state index contributed by atoms with van der Waals surface area (Å²) >= 11 is 1.67. The number of nitrogens with zero attached hydrogens (tertiary/aromatic N) is 3. The van der Waals surface area contributed by atoms with Gasteiger partial charge in [-0.15, -0.1) is 11.3 Å². The number of hydrogen-bond donors (Lipinski definition) is 2. The molecule has 6 nitrogen and oxygen atoms in total. The minimum Gasteiger partial charge on any atom is -0.352 e. The average Bonchev–Trinajstić information content (AvgIpc) is 3.08. The first-order valence-electron chi connectivity index (χ1n) is 8.81. The number of aromatic nitrogens is 1. The van der Waals surface area contributed by atoms with Gasteiger partial charge in [0.1, 0.15) is 5.01 Å². The third-order valence-corrected chi connectivity index (χ3v) is 4.92. The lowest BCUT2D eigenvalue weighted by Gasteiger charge is -2.18. The average molecular weight is 374 g/mol. The molecule has 0 aliphatic rings. The second-order valence-corrected chi connectivity index (χ2v) is 7.14. The summed E-state index contributed by atoms with van der Waals surface area (Å²) in [7, 11) is 1.74. The minimum absolute atomic E-state index is 0.0747. The number of hydrogen-bond acceptors (Lipinski definition) is 4. The van der Waals surface area contributed by atoms with Crippen molar-refractivity contribution in [2.45, 2.75) is 33.9 Å². The smallest absolute Gasteiger partial charge is 0.253 e. The van der Waals surface area contributed by atoms with Crippen LogP contribution in [0.25, 0.3) is 0 Å². The number of nitrogens with one attached hydrogen (secondary N) is 2. The van der Waals surface area contributed by atoms with Gasteiger partial charge in [0.15, 0.2) is 5.96 Å². The molecule has 0 atom stereocenters. The van der Waals surface area contributed by atoms with E-state index < -0.39 is 0 Å². The van der Waals surface area contributed by atoms with Gasteiger partial charge in [0.25, 0.3) is 5.91 Å². The molecule has 0 saturated heterocycles. The number of rotatable bonds is 7. The Morgan fingerprint density at radius 1 is 1.15 bits per heavy atom. The van der Waals surface area contributed by atoms with Gasteiger partial charge >= 0.3 is 0 Å². The van der Waals surface area contributed by atoms with E-state index in [4.69, 9.17) is 0 Å². The lowest BCUT2D eigenvalue weighted by atomic mass is 10.1. The van der Waals surface area contributed by atoms with Gasteiger partial charge in [0, 0.05) is 43.3 Å². The molecule has 140 valence electrons. The van der Waals surface area contributed by atoms with E-state index in [0.717, 1.165) is 35.2 Å². The number of thiazole rings is 1. The fraction of sp³-hybridized carbons (Fsp3) is 0.421. The molecule has 1 amide bonds. The predicted molar refractivity (Wildman–Crippen MR) is 108 cm³/mol. The first-order chi connectivity index (χ1) is 12.6. The number of amides is 1. The van der Waals surface area contributed by atoms with Crippen molar-refractivity contribution in [1.82, 2.24) is 20.5 Å². The van der Waals surface area contributed by atoms with Crippen LogP contribution in [0, 0.1) is 6.92 Å². The molecule has 2 rings (SSSR count). The first-order valence-corrected chi connectivity index (χ1v) is 9.63. The number of aryl methyl sites for hydroxylation is 1. The Balaban J connectivity index is 1.86. The molecule has 0 unspecified atom stereocenters. The zero-order chi connectivity index (χ0) is 18.9. The van der Waals surface area contributed by atoms with Crippen LogP contribution in [-0.4, -0.2) is 41.9 Å². The van der Waals surface area contributed by atoms with Crippen LogP contribution in [0.5, 0.6) is 0 Å². The maximum absolute atomic E-state index is 12.3. The highest BCUT2D eigenvalue weighted by molar-refractivity contribution is 7.11. The largest absolute Gasteiger partial charge is 0.352 e. The summed E-state index contributed by atoms with van der Waals surface area (Å²) in [4.78, 5) is 23.9. The fourth-order valence-corrected chi connectivity index (χ4v) is 3.23. The van der Waals surface area contributed by atoms with Crippen molar-refractivity contribution in [1.29, 1.82) is 0 Å². The van der Waals surface area contributed by atoms with Gasteiger partial charge in [-0.3, -0.25) is 9.79 Å². The van der Waals surface area contributed by atoms with Crippen LogP contribution in [0.3, 0.4) is 0 Å². The first kappa shape index (κ1) is 19.9. The van der Waals surface area contributed by atoms with Gasteiger partial charge in [-0.05, 0) is 38.5 Å². The van der Waals surface area contributed by atoms with E-state index in [2.05, 4.69) is 20.6 Å². The quantitative estimate of drug-likeness (QED) is 0.578. The van der Waals surface area contributed by atoms with E-state index >= 15 is 0 Å². The number of carbonyl (C=O) groups excluding carboxylic acids is 1. The Hall–Kier alpha value is -2.41. The summed E-state index contributed by atoms with van der Waals surface area (Å²) in [5.74, 6) is 0.798. The standard InChI is InChI=1S/C19H27N5OS/c1-5-24(6-2)18(25)16-9-7-15(8-10-16)12-22-19(20-4)23-13-17-21-11-14(3)26-17/h7-11H,5-6,12-13H2,1-4H3,(H2,20,22,23). The zero-order valence-electron chi connectivity index (χ0n) is 15.9. The van der Waals surface area contributed by atoms with Gasteiger partial charge in [0.05, 0.1) is 6.54 Å². The summed E-state index contributed by atoms with van der Waals surface area (Å²) in [6.45, 7) is 8.75. The van der Waals surface area contributed by atoms with E-state index in [-0.39, 0.29) is 5.91 Å². The van der Waals surface area contributed by atoms with Gasteiger partial charge < -0.3 is 15.5 Å². The number of carbonyl (C=O) groups is 1. The van der Waals surface area contributed by atoms with Crippen molar-refractivity contribution in [3.05, 3.63) is 51.5 Å². The third-order valence-electron chi connectivity index (χ3n) is 4.01. The zero-order valence-corrected chi connectivity index (χ0v) is 16.7. The Labute approximate surface area is 159 Å². The Kier molecular flexibility index (Phi) is 7.59. The van der Waals surface area contributed by atoms with E-state index in [1.165, 1.54) is 4.88 Å². The van der Waals surface area contributed by atoms with Crippen LogP contribution in [0.1, 0.15) is 39.7 Å². The molecule has 26 heavy (non-hydrogen) atoms. The lowest BCUT2D eigenvalue weighted by molar-refractivity contribution is 0.0773. The van der Waals surface area contributed by atoms with E-state index in [1.54, 1.807) is 18.4 Å². The molecule has 1 heterocycles. The molecule has 1 aromatic heterocycles. The summed E-state index contributed by atoms with van der Waals surface area (Å²) < 4.78 is 0. The number of guanidine groups is 1. The molecule has 7 heteroatoms. The normalized spacial score (nSPS) is 11.3. The van der Waals surface area contributed by atoms with E-state index in [0.29, 0.717) is 13.1 Å². The molecule has 0 bridgehead atoms. The van der Waals surface area contributed by atoms with Crippen LogP contribution in [-0.2, 0) is 13.1 Å². The second kappa shape index (κ2) is 9.91. The van der Waals surface area contributed by atoms with Crippen LogP contribution in [0.2, 0.25) is 0 Å². The SMILES string of the molecule is CCN(CC)C(=O)c1ccc(CNC(=NC)NCc2ncc(C)s2)cc1. The minimum atomic E-state index is 0.0747. The van der Waals surface area contributed by atoms with E-state index in [1.807, 2.05) is 56.1 Å². The summed E-state index contributed by atoms with van der Waals surface area (Å²) in [6.07, 6.45) is 1.87. The Morgan fingerprint density at radius 2 is 1.81 bits per heavy atom. The Bertz CT molecular complexity index is 735. The monoisotopic (exact) mass is 373 g/mol. The molecule has 0 radical (unpaired) electrons. The molecule has 0 saturated carbocycles. The van der Waals surface area contributed by atoms with Crippen LogP contribution >= 0.6 is 11.3 Å². The maximum atomic E-state index is 12.3. The van der Waals surface area contributed by atoms with Gasteiger partial charge in [0.2, 0.25) is 0 Å². The van der Waals surface area contributed by atoms with Crippen molar-refractivity contribution in [2.24, 2.45) is 4.99 Å². The van der Waals surface area contributed by atoms with Crippen LogP contribution < -0.4 is 10.6 Å². The molecule has 0 aliphatic heterocycles. The highest BCUT2D eigenvalue weighted by atomic mass is 32.1. The van der Waals surface area contributed by atoms with Crippen LogP contribution in [0.15, 0.2) is 35.5 Å². The molecule has 0 spiro atoms. The Morgan fingerprint density at radius 3 is 2.35 bits per heavy atom. The molecule has 2 N–H and O–H groups in total. The van der Waals surface area contributed by atoms with Gasteiger partial charge in [-0.25, -0.2) is 4.98 Å². The topological polar surface area (TPSA) is 69.6 Å². The second-order valence-electron chi connectivity index (χ2n) is 5.82. The number of aliphatic imine (C=N–C) groups is 1. The molecule has 0 aliphatic carbocycles. The van der Waals surface area contributed by atoms with E-state index in [9.17, 15) is 4.79 Å². The maximum Gasteiger partial charge on any atom is 0.253 e. The van der Waals surface area contributed by atoms with Crippen molar-refractivity contribution in [3.8, 4) is 0 Å². The van der Waals surface area contributed by atoms with Crippen molar-refractivity contribution < 1.29 is 4.79 Å². The van der Waals surface area contributed by atoms with Crippen molar-refractivity contribution >= 4 is 23.2 Å². The predicted octanol–water partition coefficient (Wildman–Crippen LogP) is 2.80. The van der Waals surface area contributed by atoms with Crippen molar-refractivity contribution in [3.63, 3.8) is 0 Å². The molecular formula is C19H27N5OS. The van der Waals surface area contributed by atoms with Gasteiger partial charge in [-0.1, -0.05) is 12.1 Å². The summed E-state index contributed by atoms with van der Waals surface area (Å²) in [6, 6.07) is 7.71. The van der Waals surface area contributed by atoms with Crippen LogP contribution in [0.4, 0.5) is 0 Å². The molecular weight excluding hydrogens is 346 g/mol. The summed E-state index contributed by atoms with van der Waals surface area (Å²) in [5, 5.41) is 7.56. The highest BCUT2D eigenvalue weighted by Gasteiger charge is 2.11. The molecule has 0 fully saturated rings. The number of benzene rings is 1. The molecule has 1 aromatic carbocycles. The van der Waals surface area contributed by atoms with Crippen molar-refractivity contribution in [2.75, 3.05) is 20.1 Å².